The molecule has 0 aliphatic carbocycles. The number of aryl methyl sites for hydroxylation is 1. The monoisotopic (exact) mass is 345 g/mol. The highest BCUT2D eigenvalue weighted by atomic mass is 32.2. The summed E-state index contributed by atoms with van der Waals surface area (Å²) in [5, 5.41) is 0. The van der Waals surface area contributed by atoms with E-state index >= 15 is 0 Å². The zero-order chi connectivity index (χ0) is 17.3. The lowest BCUT2D eigenvalue weighted by Gasteiger charge is -2.30. The van der Waals surface area contributed by atoms with Crippen molar-refractivity contribution in [3.63, 3.8) is 0 Å². The van der Waals surface area contributed by atoms with Crippen molar-refractivity contribution in [3.8, 4) is 5.75 Å². The van der Waals surface area contributed by atoms with Crippen molar-refractivity contribution < 1.29 is 17.9 Å². The number of hydrogen-bond acceptors (Lipinski definition) is 4. The molecule has 5 nitrogen and oxygen atoms in total. The van der Waals surface area contributed by atoms with Gasteiger partial charge in [-0.15, -0.1) is 0 Å². The van der Waals surface area contributed by atoms with Crippen molar-refractivity contribution in [1.82, 2.24) is 0 Å². The van der Waals surface area contributed by atoms with E-state index < -0.39 is 10.0 Å². The number of Topliss-reactive ketones (excluding diaryl/α,β-unsaturated/α-hetero) is 1. The summed E-state index contributed by atoms with van der Waals surface area (Å²) in [6.45, 7) is 3.91. The molecule has 24 heavy (non-hydrogen) atoms. The fourth-order valence-electron chi connectivity index (χ4n) is 2.79. The first-order valence-electron chi connectivity index (χ1n) is 7.70. The van der Waals surface area contributed by atoms with Crippen molar-refractivity contribution in [3.05, 3.63) is 59.2 Å². The van der Waals surface area contributed by atoms with Gasteiger partial charge in [-0.05, 0) is 37.6 Å². The van der Waals surface area contributed by atoms with Gasteiger partial charge in [-0.2, -0.15) is 0 Å². The van der Waals surface area contributed by atoms with Crippen molar-refractivity contribution in [1.29, 1.82) is 0 Å². The van der Waals surface area contributed by atoms with Crippen LogP contribution >= 0.6 is 0 Å². The Bertz CT molecular complexity index is 890. The number of rotatable bonds is 4. The molecule has 0 atom stereocenters. The van der Waals surface area contributed by atoms with Crippen molar-refractivity contribution in [2.24, 2.45) is 0 Å². The molecule has 0 radical (unpaired) electrons. The number of benzene rings is 2. The first-order chi connectivity index (χ1) is 11.4. The SMILES string of the molecule is CC(=O)c1ccc2c(c1)N(S(=O)(=O)Cc1cccc(C)c1)CCO2. The summed E-state index contributed by atoms with van der Waals surface area (Å²) in [5.41, 5.74) is 2.66. The summed E-state index contributed by atoms with van der Waals surface area (Å²) in [7, 11) is -3.57. The Morgan fingerprint density at radius 1 is 1.21 bits per heavy atom. The van der Waals surface area contributed by atoms with Gasteiger partial charge < -0.3 is 4.74 Å². The normalized spacial score (nSPS) is 14.0. The number of carbonyl (C=O) groups excluding carboxylic acids is 1. The van der Waals surface area contributed by atoms with Gasteiger partial charge in [0.2, 0.25) is 10.0 Å². The van der Waals surface area contributed by atoms with Gasteiger partial charge >= 0.3 is 0 Å². The van der Waals surface area contributed by atoms with E-state index in [4.69, 9.17) is 4.74 Å². The molecule has 1 heterocycles. The average Bonchev–Trinajstić information content (AvgIpc) is 2.53. The van der Waals surface area contributed by atoms with Crippen LogP contribution in [0.4, 0.5) is 5.69 Å². The molecule has 1 aliphatic heterocycles. The van der Waals surface area contributed by atoms with E-state index in [9.17, 15) is 13.2 Å². The quantitative estimate of drug-likeness (QED) is 0.799. The molecule has 0 saturated heterocycles. The molecule has 0 saturated carbocycles. The maximum absolute atomic E-state index is 12.9. The van der Waals surface area contributed by atoms with Crippen LogP contribution in [-0.4, -0.2) is 27.4 Å². The molecule has 1 aliphatic rings. The predicted molar refractivity (Wildman–Crippen MR) is 93.1 cm³/mol. The molecule has 3 rings (SSSR count). The van der Waals surface area contributed by atoms with Gasteiger partial charge in [-0.3, -0.25) is 9.10 Å². The Hall–Kier alpha value is -2.34. The second kappa shape index (κ2) is 6.28. The second-order valence-electron chi connectivity index (χ2n) is 5.90. The molecule has 0 bridgehead atoms. The largest absolute Gasteiger partial charge is 0.489 e. The summed E-state index contributed by atoms with van der Waals surface area (Å²) in [4.78, 5) is 11.6. The predicted octanol–water partition coefficient (Wildman–Crippen LogP) is 2.93. The first kappa shape index (κ1) is 16.5. The van der Waals surface area contributed by atoms with Gasteiger partial charge in [0.25, 0.3) is 0 Å². The maximum atomic E-state index is 12.9. The molecule has 2 aromatic carbocycles. The van der Waals surface area contributed by atoms with E-state index in [0.717, 1.165) is 11.1 Å². The molecule has 0 fully saturated rings. The number of hydrogen-bond donors (Lipinski definition) is 0. The van der Waals surface area contributed by atoms with Crippen LogP contribution in [-0.2, 0) is 15.8 Å². The second-order valence-corrected chi connectivity index (χ2v) is 7.80. The zero-order valence-electron chi connectivity index (χ0n) is 13.7. The minimum Gasteiger partial charge on any atom is -0.489 e. The summed E-state index contributed by atoms with van der Waals surface area (Å²) in [5.74, 6) is 0.289. The van der Waals surface area contributed by atoms with Gasteiger partial charge in [0.1, 0.15) is 12.4 Å². The fourth-order valence-corrected chi connectivity index (χ4v) is 4.34. The number of fused-ring (bicyclic) bond motifs is 1. The molecule has 0 spiro atoms. The molecular weight excluding hydrogens is 326 g/mol. The summed E-state index contributed by atoms with van der Waals surface area (Å²) in [6.07, 6.45) is 0. The fraction of sp³-hybridized carbons (Fsp3) is 0.278. The van der Waals surface area contributed by atoms with Crippen LogP contribution in [0.2, 0.25) is 0 Å². The lowest BCUT2D eigenvalue weighted by Crippen LogP contribution is -2.38. The van der Waals surface area contributed by atoms with E-state index in [0.29, 0.717) is 23.6 Å². The molecule has 2 aromatic rings. The molecule has 0 aromatic heterocycles. The smallest absolute Gasteiger partial charge is 0.239 e. The minimum absolute atomic E-state index is 0.0849. The van der Waals surface area contributed by atoms with Gasteiger partial charge in [-0.1, -0.05) is 29.8 Å². The number of carbonyl (C=O) groups is 1. The lowest BCUT2D eigenvalue weighted by molar-refractivity contribution is 0.101. The van der Waals surface area contributed by atoms with Crippen LogP contribution in [0.1, 0.15) is 28.4 Å². The van der Waals surface area contributed by atoms with Gasteiger partial charge in [0, 0.05) is 5.56 Å². The van der Waals surface area contributed by atoms with Crippen molar-refractivity contribution in [2.45, 2.75) is 19.6 Å². The van der Waals surface area contributed by atoms with E-state index in [2.05, 4.69) is 0 Å². The van der Waals surface area contributed by atoms with E-state index in [-0.39, 0.29) is 18.1 Å². The molecular formula is C18H19NO4S. The third-order valence-corrected chi connectivity index (χ3v) is 5.70. The topological polar surface area (TPSA) is 63.7 Å². The summed E-state index contributed by atoms with van der Waals surface area (Å²) < 4.78 is 32.7. The number of ketones is 1. The van der Waals surface area contributed by atoms with Crippen molar-refractivity contribution >= 4 is 21.5 Å². The number of anilines is 1. The summed E-state index contributed by atoms with van der Waals surface area (Å²) >= 11 is 0. The Morgan fingerprint density at radius 3 is 2.71 bits per heavy atom. The highest BCUT2D eigenvalue weighted by molar-refractivity contribution is 7.92. The van der Waals surface area contributed by atoms with E-state index in [1.54, 1.807) is 24.3 Å². The lowest BCUT2D eigenvalue weighted by atomic mass is 10.1. The Balaban J connectivity index is 1.98. The number of nitrogens with zero attached hydrogens (tertiary/aromatic N) is 1. The minimum atomic E-state index is -3.57. The van der Waals surface area contributed by atoms with Crippen LogP contribution < -0.4 is 9.04 Å². The zero-order valence-corrected chi connectivity index (χ0v) is 14.5. The number of sulfonamides is 1. The maximum Gasteiger partial charge on any atom is 0.239 e. The average molecular weight is 345 g/mol. The standard InChI is InChI=1S/C18H19NO4S/c1-13-4-3-5-15(10-13)12-24(21,22)19-8-9-23-18-7-6-16(14(2)20)11-17(18)19/h3-7,10-11H,8-9,12H2,1-2H3. The number of ether oxygens (including phenoxy) is 1. The van der Waals surface area contributed by atoms with Crippen molar-refractivity contribution in [2.75, 3.05) is 17.5 Å². The third kappa shape index (κ3) is 3.28. The van der Waals surface area contributed by atoms with Gasteiger partial charge in [0.05, 0.1) is 18.0 Å². The highest BCUT2D eigenvalue weighted by Crippen LogP contribution is 2.35. The van der Waals surface area contributed by atoms with Gasteiger partial charge in [0.15, 0.2) is 5.78 Å². The molecule has 0 N–H and O–H groups in total. The van der Waals surface area contributed by atoms with Crippen LogP contribution in [0.3, 0.4) is 0 Å². The molecule has 0 amide bonds. The Kier molecular flexibility index (Phi) is 4.32. The van der Waals surface area contributed by atoms with Crippen LogP contribution in [0.15, 0.2) is 42.5 Å². The van der Waals surface area contributed by atoms with E-state index in [1.165, 1.54) is 11.2 Å². The molecule has 126 valence electrons. The van der Waals surface area contributed by atoms with Crippen LogP contribution in [0.25, 0.3) is 0 Å². The summed E-state index contributed by atoms with van der Waals surface area (Å²) in [6, 6.07) is 12.3. The molecule has 0 unspecified atom stereocenters. The Morgan fingerprint density at radius 2 is 2.00 bits per heavy atom. The van der Waals surface area contributed by atoms with Crippen LogP contribution in [0.5, 0.6) is 5.75 Å². The first-order valence-corrected chi connectivity index (χ1v) is 9.31. The van der Waals surface area contributed by atoms with E-state index in [1.807, 2.05) is 25.1 Å². The third-order valence-electron chi connectivity index (χ3n) is 3.95. The molecule has 6 heteroatoms. The van der Waals surface area contributed by atoms with Crippen LogP contribution in [0, 0.1) is 6.92 Å². The highest BCUT2D eigenvalue weighted by Gasteiger charge is 2.29. The van der Waals surface area contributed by atoms with Gasteiger partial charge in [-0.25, -0.2) is 8.42 Å². The Labute approximate surface area is 141 Å².